The maximum atomic E-state index is 14.8. The van der Waals surface area contributed by atoms with Crippen molar-refractivity contribution in [3.05, 3.63) is 71.8 Å². The first-order valence-corrected chi connectivity index (χ1v) is 19.7. The molecular formula is C39H55NO11P+. The van der Waals surface area contributed by atoms with Gasteiger partial charge in [0, 0.05) is 38.5 Å². The van der Waals surface area contributed by atoms with Crippen LogP contribution >= 0.6 is 7.82 Å². The Labute approximate surface area is 307 Å². The van der Waals surface area contributed by atoms with Crippen molar-refractivity contribution in [1.29, 1.82) is 0 Å². The molecule has 0 N–H and O–H groups in total. The molecule has 0 aliphatic carbocycles. The van der Waals surface area contributed by atoms with Crippen molar-refractivity contribution >= 4 is 25.7 Å². The highest BCUT2D eigenvalue weighted by atomic mass is 31.2. The molecule has 3 fully saturated rings. The molecule has 3 heterocycles. The van der Waals surface area contributed by atoms with Gasteiger partial charge in [-0.2, -0.15) is 0 Å². The summed E-state index contributed by atoms with van der Waals surface area (Å²) in [7, 11) is -4.68. The van der Waals surface area contributed by atoms with E-state index in [2.05, 4.69) is 0 Å². The van der Waals surface area contributed by atoms with Crippen LogP contribution in [0.5, 0.6) is 0 Å². The Kier molecular flexibility index (Phi) is 12.4. The van der Waals surface area contributed by atoms with Crippen molar-refractivity contribution in [2.75, 3.05) is 26.7 Å². The molecule has 2 aromatic carbocycles. The van der Waals surface area contributed by atoms with E-state index in [-0.39, 0.29) is 6.10 Å². The second kappa shape index (κ2) is 16.1. The molecule has 3 aliphatic rings. The zero-order chi connectivity index (χ0) is 37.8. The third kappa shape index (κ3) is 8.97. The van der Waals surface area contributed by atoms with Crippen molar-refractivity contribution in [3.63, 3.8) is 0 Å². The van der Waals surface area contributed by atoms with Crippen LogP contribution in [0.2, 0.25) is 0 Å². The van der Waals surface area contributed by atoms with Gasteiger partial charge in [0.25, 0.3) is 0 Å². The lowest BCUT2D eigenvalue weighted by atomic mass is 9.85. The van der Waals surface area contributed by atoms with Gasteiger partial charge in [-0.3, -0.25) is 14.1 Å². The number of rotatable bonds is 14. The number of hydrogen-bond acceptors (Lipinski definition) is 11. The van der Waals surface area contributed by atoms with Gasteiger partial charge in [0.2, 0.25) is 19.2 Å². The fraction of sp³-hybridized carbons (Fsp3) is 0.615. The molecule has 2 bridgehead atoms. The third-order valence-electron chi connectivity index (χ3n) is 10.3. The number of ether oxygens (including phenoxy) is 4. The summed E-state index contributed by atoms with van der Waals surface area (Å²) in [6.07, 6.45) is 4.57. The van der Waals surface area contributed by atoms with Crippen LogP contribution in [0.3, 0.4) is 0 Å². The van der Waals surface area contributed by atoms with Gasteiger partial charge in [-0.05, 0) is 59.6 Å². The Hall–Kier alpha value is -3.12. The van der Waals surface area contributed by atoms with Crippen LogP contribution in [0.25, 0.3) is 0 Å². The van der Waals surface area contributed by atoms with E-state index in [1.165, 1.54) is 32.9 Å². The lowest BCUT2D eigenvalue weighted by molar-refractivity contribution is -0.956. The Balaban J connectivity index is 1.41. The predicted molar refractivity (Wildman–Crippen MR) is 191 cm³/mol. The van der Waals surface area contributed by atoms with E-state index in [4.69, 9.17) is 32.5 Å². The first-order chi connectivity index (χ1) is 24.5. The highest BCUT2D eigenvalue weighted by molar-refractivity contribution is 7.48. The zero-order valence-electron chi connectivity index (χ0n) is 31.5. The quantitative estimate of drug-likeness (QED) is 0.0631. The van der Waals surface area contributed by atoms with Crippen molar-refractivity contribution < 1.29 is 56.0 Å². The average molecular weight is 745 g/mol. The standard InChI is InChI=1S/C39H55NO11P/c1-28(51-52(44,47-26-45-34(41)37(2,3)4)48-27-46-35(42)38(5,6)7)50-39(29-16-10-8-11-17-29,30-18-12-9-13-19-30)36(43)49-33-24-31-20-21-32(25-33)40(31)22-14-15-23-40/h8-13,16-19,28,31-33H,14-15,20-27H2,1-7H3/q+1/t28-,31?,32?,33?/m1/s1. The second-order valence-corrected chi connectivity index (χ2v) is 17.8. The Morgan fingerprint density at radius 1 is 0.731 bits per heavy atom. The number of phosphoric ester groups is 1. The molecule has 2 aromatic rings. The molecule has 0 radical (unpaired) electrons. The number of nitrogens with zero attached hydrogens (tertiary/aromatic N) is 1. The van der Waals surface area contributed by atoms with Gasteiger partial charge in [-0.25, -0.2) is 18.4 Å². The predicted octanol–water partition coefficient (Wildman–Crippen LogP) is 7.39. The molecule has 5 rings (SSSR count). The van der Waals surface area contributed by atoms with Crippen LogP contribution < -0.4 is 0 Å². The van der Waals surface area contributed by atoms with Gasteiger partial charge in [-0.15, -0.1) is 0 Å². The lowest BCUT2D eigenvalue weighted by Gasteiger charge is -2.47. The molecule has 286 valence electrons. The van der Waals surface area contributed by atoms with E-state index in [0.29, 0.717) is 23.2 Å². The Morgan fingerprint density at radius 3 is 1.60 bits per heavy atom. The minimum Gasteiger partial charge on any atom is -0.459 e. The molecule has 0 aromatic heterocycles. The normalized spacial score (nSPS) is 22.2. The minimum atomic E-state index is -4.68. The number of carbonyl (C=O) groups is 3. The molecule has 3 saturated heterocycles. The summed E-state index contributed by atoms with van der Waals surface area (Å²) in [6.45, 7) is 12.2. The molecular weight excluding hydrogens is 689 g/mol. The van der Waals surface area contributed by atoms with E-state index < -0.39 is 62.0 Å². The second-order valence-electron chi connectivity index (χ2n) is 16.1. The number of benzene rings is 2. The van der Waals surface area contributed by atoms with Gasteiger partial charge < -0.3 is 23.4 Å². The Morgan fingerprint density at radius 2 is 1.17 bits per heavy atom. The summed E-state index contributed by atoms with van der Waals surface area (Å²) < 4.78 is 55.2. The van der Waals surface area contributed by atoms with Gasteiger partial charge in [-0.1, -0.05) is 60.7 Å². The molecule has 12 nitrogen and oxygen atoms in total. The summed E-state index contributed by atoms with van der Waals surface area (Å²) >= 11 is 0. The molecule has 0 amide bonds. The number of piperidine rings is 1. The zero-order valence-corrected chi connectivity index (χ0v) is 32.4. The summed E-state index contributed by atoms with van der Waals surface area (Å²) in [4.78, 5) is 39.7. The van der Waals surface area contributed by atoms with Crippen molar-refractivity contribution in [3.8, 4) is 0 Å². The molecule has 52 heavy (non-hydrogen) atoms. The monoisotopic (exact) mass is 744 g/mol. The first-order valence-electron chi connectivity index (χ1n) is 18.3. The fourth-order valence-corrected chi connectivity index (χ4v) is 8.71. The summed E-state index contributed by atoms with van der Waals surface area (Å²) in [5.74, 6) is -1.87. The first kappa shape index (κ1) is 40.1. The van der Waals surface area contributed by atoms with Crippen LogP contribution in [-0.2, 0) is 57.1 Å². The topological polar surface area (TPSA) is 133 Å². The number of quaternary nitrogens is 1. The Bertz CT molecular complexity index is 1490. The van der Waals surface area contributed by atoms with Gasteiger partial charge in [0.1, 0.15) is 6.10 Å². The number of phosphoric acid groups is 1. The fourth-order valence-electron chi connectivity index (χ4n) is 7.75. The van der Waals surface area contributed by atoms with Gasteiger partial charge in [0.05, 0.1) is 36.0 Å². The van der Waals surface area contributed by atoms with Crippen molar-refractivity contribution in [2.24, 2.45) is 10.8 Å². The maximum absolute atomic E-state index is 14.8. The van der Waals surface area contributed by atoms with E-state index >= 15 is 0 Å². The molecule has 2 unspecified atom stereocenters. The highest BCUT2D eigenvalue weighted by Crippen LogP contribution is 2.52. The molecule has 3 aliphatic heterocycles. The smallest absolute Gasteiger partial charge is 0.459 e. The summed E-state index contributed by atoms with van der Waals surface area (Å²) in [5, 5.41) is 0. The van der Waals surface area contributed by atoms with Crippen LogP contribution in [0.15, 0.2) is 60.7 Å². The van der Waals surface area contributed by atoms with E-state index in [0.717, 1.165) is 30.2 Å². The van der Waals surface area contributed by atoms with E-state index in [1.807, 2.05) is 12.1 Å². The van der Waals surface area contributed by atoms with Crippen molar-refractivity contribution in [2.45, 2.75) is 117 Å². The average Bonchev–Trinajstić information content (AvgIpc) is 3.63. The van der Waals surface area contributed by atoms with E-state index in [1.54, 1.807) is 90.1 Å². The van der Waals surface area contributed by atoms with Crippen LogP contribution in [0.4, 0.5) is 0 Å². The maximum Gasteiger partial charge on any atom is 0.482 e. The number of esters is 3. The van der Waals surface area contributed by atoms with Crippen LogP contribution in [-0.4, -0.2) is 73.5 Å². The highest BCUT2D eigenvalue weighted by Gasteiger charge is 2.57. The largest absolute Gasteiger partial charge is 0.482 e. The lowest BCUT2D eigenvalue weighted by Crippen LogP contribution is -2.60. The SMILES string of the molecule is C[C@H](OC(C(=O)OC1CC2CCC(C1)[N+]21CCCC1)(c1ccccc1)c1ccccc1)OP(=O)(OCOC(=O)C(C)(C)C)OCOC(=O)C(C)(C)C. The van der Waals surface area contributed by atoms with Gasteiger partial charge in [0.15, 0.2) is 6.29 Å². The van der Waals surface area contributed by atoms with Crippen LogP contribution in [0.1, 0.15) is 98.1 Å². The van der Waals surface area contributed by atoms with Gasteiger partial charge >= 0.3 is 25.7 Å². The van der Waals surface area contributed by atoms with Crippen LogP contribution in [0, 0.1) is 10.8 Å². The number of carbonyl (C=O) groups excluding carboxylic acids is 3. The van der Waals surface area contributed by atoms with Crippen molar-refractivity contribution in [1.82, 2.24) is 0 Å². The van der Waals surface area contributed by atoms with E-state index in [9.17, 15) is 18.9 Å². The molecule has 1 spiro atoms. The summed E-state index contributed by atoms with van der Waals surface area (Å²) in [6, 6.07) is 18.8. The minimum absolute atomic E-state index is 0.297. The third-order valence-corrected chi connectivity index (χ3v) is 11.7. The molecule has 0 saturated carbocycles. The summed E-state index contributed by atoms with van der Waals surface area (Å²) in [5.41, 5.74) is -2.65. The molecule has 13 heteroatoms. The number of hydrogen-bond donors (Lipinski definition) is 0. The molecule has 3 atom stereocenters.